The average Bonchev–Trinajstić information content (AvgIpc) is 1.97. The minimum absolute atomic E-state index is 0.0139. The monoisotopic (exact) mass is 178 g/mol. The minimum atomic E-state index is -1.68. The zero-order valence-electron chi connectivity index (χ0n) is 6.61. The molecule has 0 amide bonds. The molecule has 0 atom stereocenters. The van der Waals surface area contributed by atoms with Crippen LogP contribution in [-0.2, 0) is 14.2 Å². The first-order valence-electron chi connectivity index (χ1n) is 3.32. The van der Waals surface area contributed by atoms with Gasteiger partial charge in [0.2, 0.25) is 0 Å². The molecular weight excluding hydrogens is 168 g/mol. The Morgan fingerprint density at radius 2 is 2.00 bits per heavy atom. The Labute approximate surface area is 69.0 Å². The smallest absolute Gasteiger partial charge is 0.449 e. The lowest BCUT2D eigenvalue weighted by atomic mass is 10.7. The molecular formula is C6H10O6. The standard InChI is InChI=1S/C6H10O6/c1-2-10-3-4-11-6(9)12-5(7)8/h2-4H2,1H3,(H,7,8). The molecule has 6 heteroatoms. The molecule has 0 unspecified atom stereocenters. The Kier molecular flexibility index (Phi) is 5.72. The van der Waals surface area contributed by atoms with Gasteiger partial charge in [0.05, 0.1) is 6.61 Å². The molecule has 70 valence electrons. The van der Waals surface area contributed by atoms with Crippen molar-refractivity contribution in [1.29, 1.82) is 0 Å². The molecule has 0 aliphatic rings. The minimum Gasteiger partial charge on any atom is -0.449 e. The summed E-state index contributed by atoms with van der Waals surface area (Å²) in [7, 11) is 0. The third kappa shape index (κ3) is 6.81. The zero-order valence-corrected chi connectivity index (χ0v) is 6.61. The number of hydrogen-bond donors (Lipinski definition) is 1. The summed E-state index contributed by atoms with van der Waals surface area (Å²) in [5, 5.41) is 7.93. The second-order valence-electron chi connectivity index (χ2n) is 1.66. The molecule has 0 saturated heterocycles. The van der Waals surface area contributed by atoms with E-state index in [0.717, 1.165) is 0 Å². The van der Waals surface area contributed by atoms with Crippen LogP contribution in [0.3, 0.4) is 0 Å². The highest BCUT2D eigenvalue weighted by Gasteiger charge is 2.08. The van der Waals surface area contributed by atoms with Crippen LogP contribution in [0.2, 0.25) is 0 Å². The quantitative estimate of drug-likeness (QED) is 0.390. The predicted octanol–water partition coefficient (Wildman–Crippen LogP) is 0.854. The maximum atomic E-state index is 10.3. The van der Waals surface area contributed by atoms with Gasteiger partial charge in [-0.05, 0) is 6.92 Å². The van der Waals surface area contributed by atoms with E-state index in [9.17, 15) is 9.59 Å². The largest absolute Gasteiger partial charge is 0.518 e. The third-order valence-electron chi connectivity index (χ3n) is 0.822. The Balaban J connectivity index is 3.26. The van der Waals surface area contributed by atoms with Gasteiger partial charge in [0.25, 0.3) is 0 Å². The van der Waals surface area contributed by atoms with Crippen LogP contribution in [0.4, 0.5) is 9.59 Å². The van der Waals surface area contributed by atoms with Crippen LogP contribution in [0, 0.1) is 0 Å². The third-order valence-corrected chi connectivity index (χ3v) is 0.822. The molecule has 0 saturated carbocycles. The molecule has 6 nitrogen and oxygen atoms in total. The van der Waals surface area contributed by atoms with E-state index in [1.807, 2.05) is 0 Å². The summed E-state index contributed by atoms with van der Waals surface area (Å²) in [6.07, 6.45) is -2.92. The lowest BCUT2D eigenvalue weighted by Crippen LogP contribution is -2.14. The van der Waals surface area contributed by atoms with Gasteiger partial charge in [0.15, 0.2) is 0 Å². The molecule has 0 rings (SSSR count). The molecule has 12 heavy (non-hydrogen) atoms. The fourth-order valence-corrected chi connectivity index (χ4v) is 0.429. The molecule has 0 heterocycles. The lowest BCUT2D eigenvalue weighted by Gasteiger charge is -2.01. The van der Waals surface area contributed by atoms with Gasteiger partial charge in [-0.25, -0.2) is 9.59 Å². The molecule has 0 aliphatic heterocycles. The maximum absolute atomic E-state index is 10.3. The van der Waals surface area contributed by atoms with Crippen molar-refractivity contribution in [2.75, 3.05) is 19.8 Å². The van der Waals surface area contributed by atoms with Gasteiger partial charge in [-0.3, -0.25) is 0 Å². The molecule has 0 aromatic rings. The fraction of sp³-hybridized carbons (Fsp3) is 0.667. The lowest BCUT2D eigenvalue weighted by molar-refractivity contribution is 0.0325. The highest BCUT2D eigenvalue weighted by molar-refractivity contribution is 5.75. The van der Waals surface area contributed by atoms with Gasteiger partial charge in [-0.15, -0.1) is 0 Å². The van der Waals surface area contributed by atoms with Gasteiger partial charge in [0.1, 0.15) is 6.61 Å². The van der Waals surface area contributed by atoms with Crippen LogP contribution < -0.4 is 0 Å². The summed E-state index contributed by atoms with van der Waals surface area (Å²) in [5.74, 6) is 0. The van der Waals surface area contributed by atoms with Crippen molar-refractivity contribution in [3.63, 3.8) is 0 Å². The van der Waals surface area contributed by atoms with Crippen LogP contribution >= 0.6 is 0 Å². The van der Waals surface area contributed by atoms with Crippen LogP contribution in [0.15, 0.2) is 0 Å². The van der Waals surface area contributed by atoms with E-state index in [0.29, 0.717) is 6.61 Å². The van der Waals surface area contributed by atoms with Crippen molar-refractivity contribution >= 4 is 12.3 Å². The number of hydrogen-bond acceptors (Lipinski definition) is 5. The van der Waals surface area contributed by atoms with Crippen LogP contribution in [-0.4, -0.2) is 37.2 Å². The maximum Gasteiger partial charge on any atom is 0.518 e. The molecule has 0 fully saturated rings. The van der Waals surface area contributed by atoms with E-state index >= 15 is 0 Å². The van der Waals surface area contributed by atoms with Gasteiger partial charge >= 0.3 is 12.3 Å². The van der Waals surface area contributed by atoms with E-state index in [-0.39, 0.29) is 13.2 Å². The van der Waals surface area contributed by atoms with Gasteiger partial charge in [-0.1, -0.05) is 0 Å². The van der Waals surface area contributed by atoms with Crippen molar-refractivity contribution in [3.8, 4) is 0 Å². The molecule has 0 aromatic carbocycles. The SMILES string of the molecule is CCOCCOC(=O)OC(=O)O. The van der Waals surface area contributed by atoms with Crippen molar-refractivity contribution in [1.82, 2.24) is 0 Å². The zero-order chi connectivity index (χ0) is 9.40. The Morgan fingerprint density at radius 3 is 2.50 bits per heavy atom. The van der Waals surface area contributed by atoms with Crippen LogP contribution in [0.25, 0.3) is 0 Å². The highest BCUT2D eigenvalue weighted by atomic mass is 16.8. The number of ether oxygens (including phenoxy) is 3. The summed E-state index contributed by atoms with van der Waals surface area (Å²) in [6.45, 7) is 2.51. The van der Waals surface area contributed by atoms with E-state index in [1.165, 1.54) is 0 Å². The normalized spacial score (nSPS) is 9.08. The Hall–Kier alpha value is -1.30. The topological polar surface area (TPSA) is 82.1 Å². The first-order chi connectivity index (χ1) is 5.66. The molecule has 0 bridgehead atoms. The van der Waals surface area contributed by atoms with Gasteiger partial charge < -0.3 is 19.3 Å². The summed E-state index contributed by atoms with van der Waals surface area (Å²) in [4.78, 5) is 20.1. The van der Waals surface area contributed by atoms with E-state index in [2.05, 4.69) is 9.47 Å². The number of carboxylic acid groups (broad SMARTS) is 1. The van der Waals surface area contributed by atoms with Crippen molar-refractivity contribution < 1.29 is 28.9 Å². The number of carbonyl (C=O) groups is 2. The Morgan fingerprint density at radius 1 is 1.33 bits per heavy atom. The van der Waals surface area contributed by atoms with Crippen LogP contribution in [0.1, 0.15) is 6.92 Å². The molecule has 0 aliphatic carbocycles. The first-order valence-corrected chi connectivity index (χ1v) is 3.32. The highest BCUT2D eigenvalue weighted by Crippen LogP contribution is 1.86. The predicted molar refractivity (Wildman–Crippen MR) is 37.0 cm³/mol. The van der Waals surface area contributed by atoms with Crippen molar-refractivity contribution in [2.45, 2.75) is 6.92 Å². The summed E-state index contributed by atoms with van der Waals surface area (Å²) in [6, 6.07) is 0. The summed E-state index contributed by atoms with van der Waals surface area (Å²) >= 11 is 0. The van der Waals surface area contributed by atoms with Crippen LogP contribution in [0.5, 0.6) is 0 Å². The van der Waals surface area contributed by atoms with E-state index < -0.39 is 12.3 Å². The molecule has 0 spiro atoms. The first kappa shape index (κ1) is 10.7. The van der Waals surface area contributed by atoms with Gasteiger partial charge in [-0.2, -0.15) is 0 Å². The molecule has 0 radical (unpaired) electrons. The second-order valence-corrected chi connectivity index (χ2v) is 1.66. The van der Waals surface area contributed by atoms with E-state index in [1.54, 1.807) is 6.92 Å². The van der Waals surface area contributed by atoms with Crippen molar-refractivity contribution in [3.05, 3.63) is 0 Å². The average molecular weight is 178 g/mol. The number of carbonyl (C=O) groups excluding carboxylic acids is 1. The number of rotatable bonds is 4. The molecule has 0 aromatic heterocycles. The Bertz CT molecular complexity index is 154. The second kappa shape index (κ2) is 6.41. The summed E-state index contributed by atoms with van der Waals surface area (Å²) in [5.41, 5.74) is 0. The van der Waals surface area contributed by atoms with E-state index in [4.69, 9.17) is 9.84 Å². The van der Waals surface area contributed by atoms with Gasteiger partial charge in [0, 0.05) is 6.61 Å². The van der Waals surface area contributed by atoms with Crippen molar-refractivity contribution in [2.24, 2.45) is 0 Å². The fourth-order valence-electron chi connectivity index (χ4n) is 0.429. The molecule has 1 N–H and O–H groups in total. The summed E-state index contributed by atoms with van der Waals surface area (Å²) < 4.78 is 12.7.